The molecule has 0 aliphatic heterocycles. The van der Waals surface area contributed by atoms with Crippen LogP contribution in [0.1, 0.15) is 81.9 Å². The summed E-state index contributed by atoms with van der Waals surface area (Å²) in [6, 6.07) is 6.82. The molecule has 0 saturated heterocycles. The number of amides is 2. The summed E-state index contributed by atoms with van der Waals surface area (Å²) >= 11 is 0. The van der Waals surface area contributed by atoms with E-state index in [4.69, 9.17) is 14.2 Å². The second-order valence-electron chi connectivity index (χ2n) is 11.1. The highest BCUT2D eigenvalue weighted by atomic mass is 16.5. The molecule has 2 aromatic rings. The van der Waals surface area contributed by atoms with Gasteiger partial charge in [-0.2, -0.15) is 0 Å². The molecule has 2 aromatic carbocycles. The van der Waals surface area contributed by atoms with Gasteiger partial charge in [-0.3, -0.25) is 19.2 Å². The molecule has 1 atom stereocenters. The van der Waals surface area contributed by atoms with Crippen LogP contribution in [-0.4, -0.2) is 59.3 Å². The van der Waals surface area contributed by atoms with E-state index >= 15 is 0 Å². The summed E-state index contributed by atoms with van der Waals surface area (Å²) in [5.74, 6) is 1.14. The first-order valence-electron chi connectivity index (χ1n) is 15.6. The second-order valence-corrected chi connectivity index (χ2v) is 11.1. The third-order valence-electron chi connectivity index (χ3n) is 7.92. The van der Waals surface area contributed by atoms with Gasteiger partial charge in [-0.1, -0.05) is 18.9 Å². The molecule has 246 valence electrons. The topological polar surface area (TPSA) is 141 Å². The standard InChI is InChI=1S/C34H47N3O8/c1-22(38)37-26-16-14-23-20-29(42-2)33(44-4)34(45-5)32(23)24-15-17-27(28(39)21-25(24)26)35-18-10-6-8-12-30(40)36-19-11-7-9-13-31(41)43-3/h15,17,20-21,26H,6-14,16,18-19H2,1-5H3,(H,35,39)(H,36,40)(H,37,38)/t26-/m0/s1. The highest BCUT2D eigenvalue weighted by Crippen LogP contribution is 2.50. The van der Waals surface area contributed by atoms with Crippen molar-refractivity contribution in [2.75, 3.05) is 46.8 Å². The van der Waals surface area contributed by atoms with Crippen molar-refractivity contribution in [3.63, 3.8) is 0 Å². The zero-order chi connectivity index (χ0) is 32.8. The molecule has 0 aromatic heterocycles. The number of nitrogens with one attached hydrogen (secondary N) is 3. The summed E-state index contributed by atoms with van der Waals surface area (Å²) in [4.78, 5) is 48.8. The van der Waals surface area contributed by atoms with Crippen LogP contribution in [0.5, 0.6) is 17.2 Å². The normalized spacial score (nSPS) is 13.4. The predicted octanol–water partition coefficient (Wildman–Crippen LogP) is 4.68. The van der Waals surface area contributed by atoms with Crippen molar-refractivity contribution in [1.82, 2.24) is 10.6 Å². The quantitative estimate of drug-likeness (QED) is 0.169. The van der Waals surface area contributed by atoms with E-state index in [1.807, 2.05) is 12.1 Å². The minimum absolute atomic E-state index is 0.0213. The van der Waals surface area contributed by atoms with E-state index in [1.54, 1.807) is 33.5 Å². The smallest absolute Gasteiger partial charge is 0.305 e. The fourth-order valence-corrected chi connectivity index (χ4v) is 5.65. The van der Waals surface area contributed by atoms with Gasteiger partial charge in [0.05, 0.1) is 40.2 Å². The number of carbonyl (C=O) groups is 3. The number of fused-ring (bicyclic) bond motifs is 3. The van der Waals surface area contributed by atoms with Crippen LogP contribution in [0.2, 0.25) is 0 Å². The number of methoxy groups -OCH3 is 4. The van der Waals surface area contributed by atoms with Gasteiger partial charge in [-0.15, -0.1) is 0 Å². The highest BCUT2D eigenvalue weighted by Gasteiger charge is 2.29. The molecule has 3 N–H and O–H groups in total. The van der Waals surface area contributed by atoms with Crippen molar-refractivity contribution >= 4 is 23.5 Å². The summed E-state index contributed by atoms with van der Waals surface area (Å²) in [6.07, 6.45) is 6.88. The summed E-state index contributed by atoms with van der Waals surface area (Å²) < 4.78 is 21.7. The number of hydrogen-bond acceptors (Lipinski definition) is 9. The largest absolute Gasteiger partial charge is 0.493 e. The first kappa shape index (κ1) is 35.2. The summed E-state index contributed by atoms with van der Waals surface area (Å²) in [5, 5.41) is 9.21. The van der Waals surface area contributed by atoms with Crippen molar-refractivity contribution in [3.8, 4) is 28.4 Å². The lowest BCUT2D eigenvalue weighted by atomic mass is 9.95. The van der Waals surface area contributed by atoms with E-state index in [0.717, 1.165) is 55.2 Å². The molecule has 0 unspecified atom stereocenters. The van der Waals surface area contributed by atoms with Gasteiger partial charge in [0.25, 0.3) is 0 Å². The number of anilines is 1. The van der Waals surface area contributed by atoms with E-state index in [1.165, 1.54) is 14.0 Å². The molecule has 0 spiro atoms. The van der Waals surface area contributed by atoms with Crippen LogP contribution in [0.3, 0.4) is 0 Å². The fourth-order valence-electron chi connectivity index (χ4n) is 5.65. The third kappa shape index (κ3) is 9.86. The lowest BCUT2D eigenvalue weighted by Crippen LogP contribution is -2.26. The first-order valence-corrected chi connectivity index (χ1v) is 15.6. The van der Waals surface area contributed by atoms with Gasteiger partial charge < -0.3 is 34.9 Å². The van der Waals surface area contributed by atoms with Crippen molar-refractivity contribution in [1.29, 1.82) is 0 Å². The maximum atomic E-state index is 13.4. The molecule has 0 fully saturated rings. The number of aryl methyl sites for hydroxylation is 1. The molecule has 11 heteroatoms. The number of carbonyl (C=O) groups excluding carboxylic acids is 3. The molecule has 3 rings (SSSR count). The molecule has 2 amide bonds. The Balaban J connectivity index is 1.66. The number of ether oxygens (including phenoxy) is 4. The molecule has 0 radical (unpaired) electrons. The Hall–Kier alpha value is -4.28. The lowest BCUT2D eigenvalue weighted by Gasteiger charge is -2.19. The monoisotopic (exact) mass is 625 g/mol. The summed E-state index contributed by atoms with van der Waals surface area (Å²) in [7, 11) is 6.08. The minimum Gasteiger partial charge on any atom is -0.493 e. The Morgan fingerprint density at radius 2 is 1.56 bits per heavy atom. The Morgan fingerprint density at radius 3 is 2.22 bits per heavy atom. The Bertz CT molecular complexity index is 1390. The molecule has 1 aliphatic carbocycles. The van der Waals surface area contributed by atoms with E-state index in [9.17, 15) is 19.2 Å². The van der Waals surface area contributed by atoms with Gasteiger partial charge in [0.15, 0.2) is 11.5 Å². The molecule has 11 nitrogen and oxygen atoms in total. The van der Waals surface area contributed by atoms with Gasteiger partial charge in [0.1, 0.15) is 0 Å². The van der Waals surface area contributed by atoms with E-state index in [-0.39, 0.29) is 29.3 Å². The summed E-state index contributed by atoms with van der Waals surface area (Å²) in [6.45, 7) is 2.64. The van der Waals surface area contributed by atoms with Gasteiger partial charge in [0.2, 0.25) is 23.0 Å². The van der Waals surface area contributed by atoms with Crippen LogP contribution in [0, 0.1) is 0 Å². The highest BCUT2D eigenvalue weighted by molar-refractivity contribution is 5.83. The maximum absolute atomic E-state index is 13.4. The van der Waals surface area contributed by atoms with Crippen LogP contribution >= 0.6 is 0 Å². The lowest BCUT2D eigenvalue weighted by molar-refractivity contribution is -0.140. The maximum Gasteiger partial charge on any atom is 0.305 e. The number of unbranched alkanes of at least 4 members (excludes halogenated alkanes) is 4. The van der Waals surface area contributed by atoms with Crippen LogP contribution in [0.25, 0.3) is 11.1 Å². The SMILES string of the molecule is COC(=O)CCCCCNC(=O)CCCCCNc1ccc2c(cc1=O)[C@@H](NC(C)=O)CCc1cc(OC)c(OC)c(OC)c1-2. The molecule has 1 aliphatic rings. The first-order chi connectivity index (χ1) is 21.7. The van der Waals surface area contributed by atoms with Gasteiger partial charge in [-0.05, 0) is 73.4 Å². The molecular weight excluding hydrogens is 578 g/mol. The van der Waals surface area contributed by atoms with Gasteiger partial charge in [0, 0.05) is 38.4 Å². The zero-order valence-electron chi connectivity index (χ0n) is 27.1. The van der Waals surface area contributed by atoms with E-state index in [2.05, 4.69) is 20.7 Å². The number of hydrogen-bond donors (Lipinski definition) is 3. The number of benzene rings is 1. The second kappa shape index (κ2) is 17.9. The molecule has 0 bridgehead atoms. The van der Waals surface area contributed by atoms with Crippen LogP contribution < -0.4 is 35.6 Å². The molecule has 0 saturated carbocycles. The number of rotatable bonds is 17. The Kier molecular flexibility index (Phi) is 14.0. The van der Waals surface area contributed by atoms with Crippen molar-refractivity contribution in [3.05, 3.63) is 45.6 Å². The van der Waals surface area contributed by atoms with E-state index < -0.39 is 0 Å². The minimum atomic E-state index is -0.370. The van der Waals surface area contributed by atoms with Gasteiger partial charge in [-0.25, -0.2) is 0 Å². The molecular formula is C34H47N3O8. The molecule has 45 heavy (non-hydrogen) atoms. The van der Waals surface area contributed by atoms with E-state index in [0.29, 0.717) is 67.3 Å². The predicted molar refractivity (Wildman–Crippen MR) is 173 cm³/mol. The van der Waals surface area contributed by atoms with Crippen LogP contribution in [0.15, 0.2) is 29.1 Å². The molecule has 0 heterocycles. The Labute approximate surface area is 265 Å². The average molecular weight is 626 g/mol. The van der Waals surface area contributed by atoms with Crippen molar-refractivity contribution in [2.45, 2.75) is 77.2 Å². The average Bonchev–Trinajstić information content (AvgIpc) is 3.27. The summed E-state index contributed by atoms with van der Waals surface area (Å²) in [5.41, 5.74) is 3.53. The number of esters is 1. The van der Waals surface area contributed by atoms with Crippen molar-refractivity contribution < 1.29 is 33.3 Å². The zero-order valence-corrected chi connectivity index (χ0v) is 27.1. The van der Waals surface area contributed by atoms with Crippen molar-refractivity contribution in [2.24, 2.45) is 0 Å². The van der Waals surface area contributed by atoms with Crippen LogP contribution in [-0.2, 0) is 25.5 Å². The van der Waals surface area contributed by atoms with Gasteiger partial charge >= 0.3 is 5.97 Å². The fraction of sp³-hybridized carbons (Fsp3) is 0.529. The third-order valence-corrected chi connectivity index (χ3v) is 7.92. The Morgan fingerprint density at radius 1 is 0.844 bits per heavy atom. The van der Waals surface area contributed by atoms with Crippen LogP contribution in [0.4, 0.5) is 5.69 Å².